The van der Waals surface area contributed by atoms with Crippen molar-refractivity contribution in [1.82, 2.24) is 34.3 Å². The molecule has 0 radical (unpaired) electrons. The van der Waals surface area contributed by atoms with Crippen molar-refractivity contribution in [2.75, 3.05) is 13.2 Å². The molecule has 2 N–H and O–H groups in total. The summed E-state index contributed by atoms with van der Waals surface area (Å²) in [4.78, 5) is 18.7. The third-order valence-corrected chi connectivity index (χ3v) is 4.23. The summed E-state index contributed by atoms with van der Waals surface area (Å²) in [6.45, 7) is 2.78. The topological polar surface area (TPSA) is 122 Å². The Bertz CT molecular complexity index is 948. The van der Waals surface area contributed by atoms with Crippen LogP contribution in [-0.4, -0.2) is 63.5 Å². The van der Waals surface area contributed by atoms with Crippen molar-refractivity contribution >= 4 is 11.7 Å². The number of aryl methyl sites for hydroxylation is 1. The van der Waals surface area contributed by atoms with E-state index >= 15 is 0 Å². The third-order valence-electron chi connectivity index (χ3n) is 4.23. The molecule has 3 aromatic heterocycles. The van der Waals surface area contributed by atoms with Crippen LogP contribution in [0.4, 0.5) is 0 Å². The molecule has 130 valence electrons. The van der Waals surface area contributed by atoms with Crippen LogP contribution in [0, 0.1) is 6.92 Å². The number of aliphatic hydroxyl groups excluding tert-OH is 2. The summed E-state index contributed by atoms with van der Waals surface area (Å²) in [5.74, 6) is 0.361. The SMILES string of the molecule is Cc1ccn2c(C(=O)N3CCn4nc(C(O)CO)cc4C3)nnc2n1. The summed E-state index contributed by atoms with van der Waals surface area (Å²) in [7, 11) is 0. The number of aromatic nitrogens is 6. The minimum atomic E-state index is -1.02. The van der Waals surface area contributed by atoms with Crippen LogP contribution in [-0.2, 0) is 13.1 Å². The fourth-order valence-electron chi connectivity index (χ4n) is 2.88. The first-order valence-corrected chi connectivity index (χ1v) is 7.90. The highest BCUT2D eigenvalue weighted by atomic mass is 16.3. The quantitative estimate of drug-likeness (QED) is 0.645. The van der Waals surface area contributed by atoms with Crippen molar-refractivity contribution in [3.8, 4) is 0 Å². The lowest BCUT2D eigenvalue weighted by Gasteiger charge is -2.26. The zero-order valence-electron chi connectivity index (χ0n) is 13.6. The predicted molar refractivity (Wildman–Crippen MR) is 84.5 cm³/mol. The first-order chi connectivity index (χ1) is 12.1. The number of carbonyl (C=O) groups is 1. The highest BCUT2D eigenvalue weighted by molar-refractivity contribution is 5.91. The van der Waals surface area contributed by atoms with Crippen molar-refractivity contribution in [3.63, 3.8) is 0 Å². The van der Waals surface area contributed by atoms with Crippen LogP contribution < -0.4 is 0 Å². The fourth-order valence-corrected chi connectivity index (χ4v) is 2.88. The Morgan fingerprint density at radius 3 is 3.00 bits per heavy atom. The van der Waals surface area contributed by atoms with Gasteiger partial charge in [-0.1, -0.05) is 0 Å². The summed E-state index contributed by atoms with van der Waals surface area (Å²) in [6, 6.07) is 3.49. The first kappa shape index (κ1) is 15.7. The van der Waals surface area contributed by atoms with E-state index in [2.05, 4.69) is 20.3 Å². The van der Waals surface area contributed by atoms with Gasteiger partial charge in [0.15, 0.2) is 0 Å². The van der Waals surface area contributed by atoms with E-state index in [1.54, 1.807) is 32.3 Å². The summed E-state index contributed by atoms with van der Waals surface area (Å²) in [5, 5.41) is 31.0. The van der Waals surface area contributed by atoms with Gasteiger partial charge in [0.25, 0.3) is 11.7 Å². The molecule has 0 saturated carbocycles. The predicted octanol–water partition coefficient (Wildman–Crippen LogP) is -0.689. The van der Waals surface area contributed by atoms with Crippen molar-refractivity contribution < 1.29 is 15.0 Å². The molecule has 1 aliphatic heterocycles. The van der Waals surface area contributed by atoms with Gasteiger partial charge in [0.1, 0.15) is 6.10 Å². The number of hydrogen-bond donors (Lipinski definition) is 2. The Morgan fingerprint density at radius 2 is 2.20 bits per heavy atom. The van der Waals surface area contributed by atoms with E-state index in [-0.39, 0.29) is 11.7 Å². The zero-order chi connectivity index (χ0) is 17.6. The van der Waals surface area contributed by atoms with Gasteiger partial charge in [0, 0.05) is 18.4 Å². The molecule has 0 spiro atoms. The second-order valence-corrected chi connectivity index (χ2v) is 5.97. The molecule has 0 saturated heterocycles. The molecule has 0 fully saturated rings. The van der Waals surface area contributed by atoms with E-state index in [9.17, 15) is 9.90 Å². The van der Waals surface area contributed by atoms with Crippen LogP contribution in [0.1, 0.15) is 33.8 Å². The van der Waals surface area contributed by atoms with Crippen LogP contribution in [0.5, 0.6) is 0 Å². The Hall–Kier alpha value is -2.85. The zero-order valence-corrected chi connectivity index (χ0v) is 13.6. The summed E-state index contributed by atoms with van der Waals surface area (Å²) in [6.07, 6.45) is 0.714. The maximum atomic E-state index is 12.8. The molecule has 0 bridgehead atoms. The van der Waals surface area contributed by atoms with E-state index in [1.165, 1.54) is 0 Å². The number of carbonyl (C=O) groups excluding carboxylic acids is 1. The van der Waals surface area contributed by atoms with Crippen molar-refractivity contribution in [2.24, 2.45) is 0 Å². The molecule has 10 heteroatoms. The molecule has 1 amide bonds. The van der Waals surface area contributed by atoms with Crippen LogP contribution in [0.25, 0.3) is 5.78 Å². The van der Waals surface area contributed by atoms with Crippen molar-refractivity contribution in [3.05, 3.63) is 41.2 Å². The van der Waals surface area contributed by atoms with Gasteiger partial charge in [0.2, 0.25) is 5.82 Å². The minimum absolute atomic E-state index is 0.214. The van der Waals surface area contributed by atoms with Gasteiger partial charge in [-0.25, -0.2) is 4.98 Å². The van der Waals surface area contributed by atoms with Crippen LogP contribution >= 0.6 is 0 Å². The van der Waals surface area contributed by atoms with Crippen molar-refractivity contribution in [2.45, 2.75) is 26.1 Å². The van der Waals surface area contributed by atoms with Gasteiger partial charge >= 0.3 is 0 Å². The number of aliphatic hydroxyl groups is 2. The Kier molecular flexibility index (Phi) is 3.70. The summed E-state index contributed by atoms with van der Waals surface area (Å²) in [5.41, 5.74) is 2.00. The number of amides is 1. The number of hydrogen-bond acceptors (Lipinski definition) is 7. The maximum absolute atomic E-state index is 12.8. The van der Waals surface area contributed by atoms with E-state index < -0.39 is 12.7 Å². The van der Waals surface area contributed by atoms with Gasteiger partial charge in [-0.3, -0.25) is 13.9 Å². The van der Waals surface area contributed by atoms with E-state index in [1.807, 2.05) is 6.92 Å². The first-order valence-electron chi connectivity index (χ1n) is 7.90. The molecule has 0 aromatic carbocycles. The number of rotatable bonds is 3. The molecule has 1 unspecified atom stereocenters. The van der Waals surface area contributed by atoms with Crippen LogP contribution in [0.15, 0.2) is 18.3 Å². The van der Waals surface area contributed by atoms with Gasteiger partial charge in [-0.2, -0.15) is 5.10 Å². The molecule has 4 rings (SSSR count). The van der Waals surface area contributed by atoms with Crippen LogP contribution in [0.2, 0.25) is 0 Å². The van der Waals surface area contributed by atoms with E-state index in [4.69, 9.17) is 5.11 Å². The molecule has 25 heavy (non-hydrogen) atoms. The van der Waals surface area contributed by atoms with Crippen molar-refractivity contribution in [1.29, 1.82) is 0 Å². The highest BCUT2D eigenvalue weighted by Gasteiger charge is 2.27. The molecular formula is C15H17N7O3. The smallest absolute Gasteiger partial charge is 0.292 e. The maximum Gasteiger partial charge on any atom is 0.292 e. The second-order valence-electron chi connectivity index (χ2n) is 5.97. The Morgan fingerprint density at radius 1 is 1.36 bits per heavy atom. The molecule has 1 aliphatic rings. The lowest BCUT2D eigenvalue weighted by Crippen LogP contribution is -2.39. The molecular weight excluding hydrogens is 326 g/mol. The molecule has 1 atom stereocenters. The molecule has 0 aliphatic carbocycles. The van der Waals surface area contributed by atoms with E-state index in [0.29, 0.717) is 31.1 Å². The largest absolute Gasteiger partial charge is 0.393 e. The Labute approximate surface area is 142 Å². The molecule has 3 aromatic rings. The summed E-state index contributed by atoms with van der Waals surface area (Å²) >= 11 is 0. The average molecular weight is 343 g/mol. The number of nitrogens with zero attached hydrogens (tertiary/aromatic N) is 7. The minimum Gasteiger partial charge on any atom is -0.393 e. The van der Waals surface area contributed by atoms with Gasteiger partial charge in [-0.15, -0.1) is 10.2 Å². The third kappa shape index (κ3) is 2.65. The normalized spacial score (nSPS) is 15.4. The van der Waals surface area contributed by atoms with Gasteiger partial charge < -0.3 is 15.1 Å². The van der Waals surface area contributed by atoms with Gasteiger partial charge in [-0.05, 0) is 19.1 Å². The average Bonchev–Trinajstić information content (AvgIpc) is 3.23. The second kappa shape index (κ2) is 5.90. The van der Waals surface area contributed by atoms with Gasteiger partial charge in [0.05, 0.1) is 31.1 Å². The summed E-state index contributed by atoms with van der Waals surface area (Å²) < 4.78 is 3.31. The molecule has 4 heterocycles. The monoisotopic (exact) mass is 343 g/mol. The van der Waals surface area contributed by atoms with E-state index in [0.717, 1.165) is 11.4 Å². The lowest BCUT2D eigenvalue weighted by molar-refractivity contribution is 0.0691. The molecule has 10 nitrogen and oxygen atoms in total. The fraction of sp³-hybridized carbons (Fsp3) is 0.400. The number of fused-ring (bicyclic) bond motifs is 2. The standard InChI is InChI=1S/C15H17N7O3/c1-9-2-3-21-13(17-18-15(21)16-9)14(25)20-4-5-22-10(7-20)6-11(19-22)12(24)8-23/h2-3,6,12,23-24H,4-5,7-8H2,1H3. The van der Waals surface area contributed by atoms with Crippen LogP contribution in [0.3, 0.4) is 0 Å². The lowest BCUT2D eigenvalue weighted by atomic mass is 10.2. The highest BCUT2D eigenvalue weighted by Crippen LogP contribution is 2.19. The Balaban J connectivity index is 1.60.